The van der Waals surface area contributed by atoms with Crippen LogP contribution in [0.1, 0.15) is 32.1 Å². The molecule has 1 N–H and O–H groups in total. The summed E-state index contributed by atoms with van der Waals surface area (Å²) in [6, 6.07) is 0. The summed E-state index contributed by atoms with van der Waals surface area (Å²) in [6.07, 6.45) is -0.0650. The molecule has 0 unspecified atom stereocenters. The minimum Gasteiger partial charge on any atom is -0.317 e. The van der Waals surface area contributed by atoms with Gasteiger partial charge in [0.15, 0.2) is 0 Å². The van der Waals surface area contributed by atoms with Crippen LogP contribution in [0.2, 0.25) is 0 Å². The fourth-order valence-electron chi connectivity index (χ4n) is 2.64. The van der Waals surface area contributed by atoms with E-state index in [1.54, 1.807) is 0 Å². The van der Waals surface area contributed by atoms with Crippen molar-refractivity contribution in [3.63, 3.8) is 0 Å². The topological polar surface area (TPSA) is 15.3 Å². The molecule has 0 amide bonds. The van der Waals surface area contributed by atoms with Crippen LogP contribution in [-0.2, 0) is 0 Å². The molecule has 5 heteroatoms. The summed E-state index contributed by atoms with van der Waals surface area (Å²) in [6.45, 7) is 3.95. The SMILES string of the molecule is FC(F)(F)CCN(CC1CCNCC1)CC1CC1. The van der Waals surface area contributed by atoms with Gasteiger partial charge < -0.3 is 10.2 Å². The van der Waals surface area contributed by atoms with Crippen LogP contribution in [0, 0.1) is 11.8 Å². The minimum absolute atomic E-state index is 0.184. The molecule has 1 saturated heterocycles. The van der Waals surface area contributed by atoms with Crippen molar-refractivity contribution >= 4 is 0 Å². The Hall–Kier alpha value is -0.290. The van der Waals surface area contributed by atoms with Gasteiger partial charge in [0.2, 0.25) is 0 Å². The van der Waals surface area contributed by atoms with E-state index >= 15 is 0 Å². The lowest BCUT2D eigenvalue weighted by molar-refractivity contribution is -0.138. The highest BCUT2D eigenvalue weighted by molar-refractivity contribution is 4.80. The molecule has 1 heterocycles. The van der Waals surface area contributed by atoms with Crippen LogP contribution in [0.5, 0.6) is 0 Å². The fraction of sp³-hybridized carbons (Fsp3) is 1.00. The van der Waals surface area contributed by atoms with Crippen molar-refractivity contribution in [2.45, 2.75) is 38.3 Å². The highest BCUT2D eigenvalue weighted by atomic mass is 19.4. The summed E-state index contributed by atoms with van der Waals surface area (Å²) >= 11 is 0. The molecule has 0 aromatic rings. The van der Waals surface area contributed by atoms with Crippen LogP contribution < -0.4 is 5.32 Å². The van der Waals surface area contributed by atoms with Gasteiger partial charge in [-0.2, -0.15) is 13.2 Å². The molecule has 106 valence electrons. The van der Waals surface area contributed by atoms with Gasteiger partial charge in [0.1, 0.15) is 0 Å². The van der Waals surface area contributed by atoms with Crippen LogP contribution in [0.3, 0.4) is 0 Å². The first-order valence-electron chi connectivity index (χ1n) is 7.03. The van der Waals surface area contributed by atoms with Crippen molar-refractivity contribution in [2.24, 2.45) is 11.8 Å². The molecule has 0 aromatic carbocycles. The number of alkyl halides is 3. The quantitative estimate of drug-likeness (QED) is 0.793. The van der Waals surface area contributed by atoms with Crippen LogP contribution >= 0.6 is 0 Å². The lowest BCUT2D eigenvalue weighted by atomic mass is 9.97. The molecule has 2 rings (SSSR count). The molecule has 1 saturated carbocycles. The maximum Gasteiger partial charge on any atom is 0.390 e. The number of halogens is 3. The average Bonchev–Trinajstić information content (AvgIpc) is 3.10. The molecular formula is C13H23F3N2. The van der Waals surface area contributed by atoms with Gasteiger partial charge in [-0.1, -0.05) is 0 Å². The van der Waals surface area contributed by atoms with Crippen LogP contribution in [0.4, 0.5) is 13.2 Å². The third kappa shape index (κ3) is 5.57. The second kappa shape index (κ2) is 6.24. The average molecular weight is 264 g/mol. The largest absolute Gasteiger partial charge is 0.390 e. The van der Waals surface area contributed by atoms with E-state index in [1.807, 2.05) is 0 Å². The second-order valence-electron chi connectivity index (χ2n) is 5.76. The zero-order valence-corrected chi connectivity index (χ0v) is 10.8. The van der Waals surface area contributed by atoms with E-state index in [-0.39, 0.29) is 6.54 Å². The Morgan fingerprint density at radius 3 is 2.00 bits per heavy atom. The number of hydrogen-bond donors (Lipinski definition) is 1. The summed E-state index contributed by atoms with van der Waals surface area (Å²) in [5, 5.41) is 3.30. The van der Waals surface area contributed by atoms with E-state index in [9.17, 15) is 13.2 Å². The van der Waals surface area contributed by atoms with E-state index < -0.39 is 12.6 Å². The van der Waals surface area contributed by atoms with E-state index in [1.165, 1.54) is 12.8 Å². The predicted octanol–water partition coefficient (Wildman–Crippen LogP) is 2.65. The summed E-state index contributed by atoms with van der Waals surface area (Å²) in [5.41, 5.74) is 0. The highest BCUT2D eigenvalue weighted by Gasteiger charge is 2.31. The molecule has 2 aliphatic rings. The predicted molar refractivity (Wildman–Crippen MR) is 65.4 cm³/mol. The lowest BCUT2D eigenvalue weighted by Gasteiger charge is -2.30. The van der Waals surface area contributed by atoms with E-state index in [0.29, 0.717) is 11.8 Å². The summed E-state index contributed by atoms with van der Waals surface area (Å²) in [5.74, 6) is 1.25. The van der Waals surface area contributed by atoms with E-state index in [0.717, 1.165) is 39.0 Å². The Morgan fingerprint density at radius 1 is 0.944 bits per heavy atom. The first kappa shape index (κ1) is 14.1. The molecule has 18 heavy (non-hydrogen) atoms. The van der Waals surface area contributed by atoms with E-state index in [2.05, 4.69) is 10.2 Å². The Morgan fingerprint density at radius 2 is 1.50 bits per heavy atom. The third-order valence-corrected chi connectivity index (χ3v) is 3.90. The van der Waals surface area contributed by atoms with Gasteiger partial charge in [0.05, 0.1) is 6.42 Å². The standard InChI is InChI=1S/C13H23F3N2/c14-13(15,16)5-8-18(9-11-1-2-11)10-12-3-6-17-7-4-12/h11-12,17H,1-10H2. The normalized spacial score (nSPS) is 22.7. The van der Waals surface area contributed by atoms with Crippen molar-refractivity contribution in [2.75, 3.05) is 32.7 Å². The fourth-order valence-corrected chi connectivity index (χ4v) is 2.64. The molecule has 0 bridgehead atoms. The van der Waals surface area contributed by atoms with Gasteiger partial charge in [0, 0.05) is 19.6 Å². The molecular weight excluding hydrogens is 241 g/mol. The summed E-state index contributed by atoms with van der Waals surface area (Å²) in [4.78, 5) is 2.06. The molecule has 0 atom stereocenters. The monoisotopic (exact) mass is 264 g/mol. The molecule has 1 aliphatic heterocycles. The molecule has 0 aromatic heterocycles. The Balaban J connectivity index is 1.75. The maximum atomic E-state index is 12.3. The number of hydrogen-bond acceptors (Lipinski definition) is 2. The molecule has 1 aliphatic carbocycles. The molecule has 2 fully saturated rings. The lowest BCUT2D eigenvalue weighted by Crippen LogP contribution is -2.38. The zero-order valence-electron chi connectivity index (χ0n) is 10.8. The molecule has 0 spiro atoms. The number of piperidine rings is 1. The number of nitrogens with zero attached hydrogens (tertiary/aromatic N) is 1. The van der Waals surface area contributed by atoms with Crippen molar-refractivity contribution in [3.05, 3.63) is 0 Å². The maximum absolute atomic E-state index is 12.3. The van der Waals surface area contributed by atoms with Crippen molar-refractivity contribution in [1.29, 1.82) is 0 Å². The van der Waals surface area contributed by atoms with Gasteiger partial charge in [-0.15, -0.1) is 0 Å². The van der Waals surface area contributed by atoms with Gasteiger partial charge in [-0.05, 0) is 50.6 Å². The van der Waals surface area contributed by atoms with E-state index in [4.69, 9.17) is 0 Å². The summed E-state index contributed by atoms with van der Waals surface area (Å²) in [7, 11) is 0. The Kier molecular flexibility index (Phi) is 4.90. The zero-order chi connectivity index (χ0) is 13.0. The molecule has 2 nitrogen and oxygen atoms in total. The first-order valence-corrected chi connectivity index (χ1v) is 7.03. The third-order valence-electron chi connectivity index (χ3n) is 3.90. The van der Waals surface area contributed by atoms with Gasteiger partial charge in [0.25, 0.3) is 0 Å². The van der Waals surface area contributed by atoms with Crippen LogP contribution in [0.15, 0.2) is 0 Å². The highest BCUT2D eigenvalue weighted by Crippen LogP contribution is 2.31. The minimum atomic E-state index is -4.02. The first-order chi connectivity index (χ1) is 8.53. The smallest absolute Gasteiger partial charge is 0.317 e. The Bertz CT molecular complexity index is 245. The van der Waals surface area contributed by atoms with Gasteiger partial charge in [-0.25, -0.2) is 0 Å². The Labute approximate surface area is 107 Å². The van der Waals surface area contributed by atoms with Crippen molar-refractivity contribution < 1.29 is 13.2 Å². The van der Waals surface area contributed by atoms with Gasteiger partial charge in [-0.3, -0.25) is 0 Å². The summed E-state index contributed by atoms with van der Waals surface area (Å²) < 4.78 is 36.9. The van der Waals surface area contributed by atoms with Crippen LogP contribution in [0.25, 0.3) is 0 Å². The van der Waals surface area contributed by atoms with Crippen molar-refractivity contribution in [3.8, 4) is 0 Å². The van der Waals surface area contributed by atoms with Crippen LogP contribution in [-0.4, -0.2) is 43.8 Å². The number of nitrogens with one attached hydrogen (secondary N) is 1. The van der Waals surface area contributed by atoms with Gasteiger partial charge >= 0.3 is 6.18 Å². The van der Waals surface area contributed by atoms with Crippen molar-refractivity contribution in [1.82, 2.24) is 10.2 Å². The second-order valence-corrected chi connectivity index (χ2v) is 5.76. The molecule has 0 radical (unpaired) electrons. The number of rotatable bonds is 6.